The third-order valence-corrected chi connectivity index (χ3v) is 3.03. The number of aromatic carboxylic acids is 1. The zero-order valence-electron chi connectivity index (χ0n) is 11.1. The van der Waals surface area contributed by atoms with Crippen molar-refractivity contribution in [1.29, 1.82) is 0 Å². The Morgan fingerprint density at radius 1 is 1.19 bits per heavy atom. The SMILES string of the molecule is Cc1cccnc1-c1noc(-c2ccc(C(=O)O)cc2)n1. The van der Waals surface area contributed by atoms with Gasteiger partial charge in [0.05, 0.1) is 5.56 Å². The molecule has 1 N–H and O–H groups in total. The molecule has 3 rings (SSSR count). The van der Waals surface area contributed by atoms with Crippen LogP contribution in [0.15, 0.2) is 47.1 Å². The summed E-state index contributed by atoms with van der Waals surface area (Å²) in [4.78, 5) is 19.3. The molecule has 2 heterocycles. The third kappa shape index (κ3) is 2.51. The second-order valence-corrected chi connectivity index (χ2v) is 4.47. The topological polar surface area (TPSA) is 89.1 Å². The lowest BCUT2D eigenvalue weighted by Gasteiger charge is -1.97. The highest BCUT2D eigenvalue weighted by atomic mass is 16.5. The molecule has 0 fully saturated rings. The van der Waals surface area contributed by atoms with Crippen molar-refractivity contribution in [2.45, 2.75) is 6.92 Å². The number of aromatic nitrogens is 3. The van der Waals surface area contributed by atoms with Crippen LogP contribution in [-0.4, -0.2) is 26.2 Å². The van der Waals surface area contributed by atoms with Crippen LogP contribution in [0.3, 0.4) is 0 Å². The first-order chi connectivity index (χ1) is 10.1. The first kappa shape index (κ1) is 13.0. The Bertz CT molecular complexity index is 794. The van der Waals surface area contributed by atoms with Gasteiger partial charge >= 0.3 is 5.97 Å². The highest BCUT2D eigenvalue weighted by Crippen LogP contribution is 2.23. The van der Waals surface area contributed by atoms with E-state index >= 15 is 0 Å². The molecule has 0 bridgehead atoms. The van der Waals surface area contributed by atoms with Crippen LogP contribution < -0.4 is 0 Å². The Kier molecular flexibility index (Phi) is 3.19. The van der Waals surface area contributed by atoms with Crippen molar-refractivity contribution >= 4 is 5.97 Å². The lowest BCUT2D eigenvalue weighted by molar-refractivity contribution is 0.0697. The summed E-state index contributed by atoms with van der Waals surface area (Å²) in [5.41, 5.74) is 2.48. The van der Waals surface area contributed by atoms with Gasteiger partial charge in [-0.15, -0.1) is 0 Å². The maximum absolute atomic E-state index is 10.8. The van der Waals surface area contributed by atoms with E-state index < -0.39 is 5.97 Å². The molecule has 0 amide bonds. The number of hydrogen-bond donors (Lipinski definition) is 1. The number of carboxylic acid groups (broad SMARTS) is 1. The molecule has 0 aliphatic heterocycles. The number of aryl methyl sites for hydroxylation is 1. The van der Waals surface area contributed by atoms with Gasteiger partial charge in [-0.1, -0.05) is 11.2 Å². The Hall–Kier alpha value is -3.02. The molecular weight excluding hydrogens is 270 g/mol. The van der Waals surface area contributed by atoms with Crippen LogP contribution in [0.2, 0.25) is 0 Å². The Morgan fingerprint density at radius 2 is 1.95 bits per heavy atom. The summed E-state index contributed by atoms with van der Waals surface area (Å²) in [7, 11) is 0. The number of rotatable bonds is 3. The second-order valence-electron chi connectivity index (χ2n) is 4.47. The fourth-order valence-electron chi connectivity index (χ4n) is 1.91. The molecule has 6 heteroatoms. The van der Waals surface area contributed by atoms with Gasteiger partial charge in [-0.05, 0) is 42.8 Å². The molecule has 0 radical (unpaired) electrons. The van der Waals surface area contributed by atoms with Gasteiger partial charge < -0.3 is 9.63 Å². The van der Waals surface area contributed by atoms with Crippen LogP contribution >= 0.6 is 0 Å². The fraction of sp³-hybridized carbons (Fsp3) is 0.0667. The van der Waals surface area contributed by atoms with Gasteiger partial charge in [-0.25, -0.2) is 4.79 Å². The Balaban J connectivity index is 1.95. The molecule has 0 spiro atoms. The maximum Gasteiger partial charge on any atom is 0.335 e. The highest BCUT2D eigenvalue weighted by Gasteiger charge is 2.13. The van der Waals surface area contributed by atoms with Crippen molar-refractivity contribution < 1.29 is 14.4 Å². The minimum Gasteiger partial charge on any atom is -0.478 e. The molecule has 0 aliphatic carbocycles. The zero-order valence-corrected chi connectivity index (χ0v) is 11.1. The highest BCUT2D eigenvalue weighted by molar-refractivity contribution is 5.88. The number of carbonyl (C=O) groups is 1. The third-order valence-electron chi connectivity index (χ3n) is 3.03. The van der Waals surface area contributed by atoms with Gasteiger partial charge in [0.25, 0.3) is 5.89 Å². The monoisotopic (exact) mass is 281 g/mol. The van der Waals surface area contributed by atoms with Gasteiger partial charge in [-0.2, -0.15) is 4.98 Å². The lowest BCUT2D eigenvalue weighted by Crippen LogP contribution is -1.95. The molecule has 1 aromatic carbocycles. The van der Waals surface area contributed by atoms with E-state index in [0.29, 0.717) is 23.0 Å². The molecule has 0 atom stereocenters. The zero-order chi connectivity index (χ0) is 14.8. The van der Waals surface area contributed by atoms with E-state index in [1.54, 1.807) is 18.3 Å². The molecular formula is C15H11N3O3. The summed E-state index contributed by atoms with van der Waals surface area (Å²) in [6.45, 7) is 1.92. The van der Waals surface area contributed by atoms with Gasteiger partial charge in [0.1, 0.15) is 5.69 Å². The maximum atomic E-state index is 10.8. The van der Waals surface area contributed by atoms with Crippen LogP contribution in [-0.2, 0) is 0 Å². The largest absolute Gasteiger partial charge is 0.478 e. The van der Waals surface area contributed by atoms with Gasteiger partial charge in [-0.3, -0.25) is 4.98 Å². The van der Waals surface area contributed by atoms with Gasteiger partial charge in [0, 0.05) is 11.8 Å². The smallest absolute Gasteiger partial charge is 0.335 e. The van der Waals surface area contributed by atoms with E-state index in [-0.39, 0.29) is 5.56 Å². The molecule has 6 nitrogen and oxygen atoms in total. The molecule has 21 heavy (non-hydrogen) atoms. The van der Waals surface area contributed by atoms with E-state index in [2.05, 4.69) is 15.1 Å². The van der Waals surface area contributed by atoms with Crippen LogP contribution in [0.5, 0.6) is 0 Å². The van der Waals surface area contributed by atoms with Crippen molar-refractivity contribution in [3.63, 3.8) is 0 Å². The number of hydrogen-bond acceptors (Lipinski definition) is 5. The average Bonchev–Trinajstić information content (AvgIpc) is 2.97. The summed E-state index contributed by atoms with van der Waals surface area (Å²) in [6, 6.07) is 10.0. The summed E-state index contributed by atoms with van der Waals surface area (Å²) in [5.74, 6) is -0.241. The Labute approximate surface area is 120 Å². The minimum absolute atomic E-state index is 0.207. The van der Waals surface area contributed by atoms with Crippen molar-refractivity contribution in [2.24, 2.45) is 0 Å². The predicted octanol–water partition coefficient (Wildman–Crippen LogP) is 2.81. The van der Waals surface area contributed by atoms with E-state index in [1.165, 1.54) is 12.1 Å². The summed E-state index contributed by atoms with van der Waals surface area (Å²) >= 11 is 0. The fourth-order valence-corrected chi connectivity index (χ4v) is 1.91. The molecule has 0 saturated carbocycles. The lowest BCUT2D eigenvalue weighted by atomic mass is 10.1. The quantitative estimate of drug-likeness (QED) is 0.794. The number of carboxylic acids is 1. The Morgan fingerprint density at radius 3 is 2.62 bits per heavy atom. The summed E-state index contributed by atoms with van der Waals surface area (Å²) in [5, 5.41) is 12.8. The second kappa shape index (κ2) is 5.16. The number of pyridine rings is 1. The summed E-state index contributed by atoms with van der Waals surface area (Å²) in [6.07, 6.45) is 1.67. The molecule has 0 aliphatic rings. The van der Waals surface area contributed by atoms with Crippen LogP contribution in [0.1, 0.15) is 15.9 Å². The van der Waals surface area contributed by atoms with Gasteiger partial charge in [0.2, 0.25) is 5.82 Å². The molecule has 104 valence electrons. The average molecular weight is 281 g/mol. The van der Waals surface area contributed by atoms with Crippen LogP contribution in [0.4, 0.5) is 0 Å². The number of benzene rings is 1. The van der Waals surface area contributed by atoms with E-state index in [9.17, 15) is 4.79 Å². The van der Waals surface area contributed by atoms with Crippen molar-refractivity contribution in [3.8, 4) is 23.0 Å². The predicted molar refractivity (Wildman–Crippen MR) is 74.7 cm³/mol. The normalized spacial score (nSPS) is 10.5. The standard InChI is InChI=1S/C15H11N3O3/c1-9-3-2-8-16-12(9)13-17-14(21-18-13)10-4-6-11(7-5-10)15(19)20/h2-8H,1H3,(H,19,20). The first-order valence-electron chi connectivity index (χ1n) is 6.24. The molecule has 2 aromatic heterocycles. The van der Waals surface area contributed by atoms with Crippen molar-refractivity contribution in [2.75, 3.05) is 0 Å². The van der Waals surface area contributed by atoms with E-state index in [0.717, 1.165) is 5.56 Å². The van der Waals surface area contributed by atoms with E-state index in [4.69, 9.17) is 9.63 Å². The van der Waals surface area contributed by atoms with Crippen molar-refractivity contribution in [3.05, 3.63) is 53.7 Å². The van der Waals surface area contributed by atoms with Crippen molar-refractivity contribution in [1.82, 2.24) is 15.1 Å². The van der Waals surface area contributed by atoms with Gasteiger partial charge in [0.15, 0.2) is 0 Å². The van der Waals surface area contributed by atoms with E-state index in [1.807, 2.05) is 19.1 Å². The molecule has 3 aromatic rings. The first-order valence-corrected chi connectivity index (χ1v) is 6.24. The molecule has 0 saturated heterocycles. The van der Waals surface area contributed by atoms with Crippen LogP contribution in [0, 0.1) is 6.92 Å². The number of nitrogens with zero attached hydrogens (tertiary/aromatic N) is 3. The molecule has 0 unspecified atom stereocenters. The minimum atomic E-state index is -0.975. The summed E-state index contributed by atoms with van der Waals surface area (Å²) < 4.78 is 5.21. The van der Waals surface area contributed by atoms with Crippen LogP contribution in [0.25, 0.3) is 23.0 Å².